The molecule has 0 bridgehead atoms. The van der Waals surface area contributed by atoms with E-state index in [2.05, 4.69) is 15.5 Å². The zero-order valence-electron chi connectivity index (χ0n) is 13.5. The SMILES string of the molecule is COCCCNC(=S)NCCN1CCCCC1.O=C(O)C(=O)O. The van der Waals surface area contributed by atoms with E-state index in [-0.39, 0.29) is 0 Å². The second-order valence-electron chi connectivity index (χ2n) is 5.04. The van der Waals surface area contributed by atoms with Crippen LogP contribution in [0.4, 0.5) is 0 Å². The highest BCUT2D eigenvalue weighted by Gasteiger charge is 2.08. The number of likely N-dealkylation sites (tertiary alicyclic amines) is 1. The Hall–Kier alpha value is -1.45. The van der Waals surface area contributed by atoms with Crippen molar-refractivity contribution in [2.45, 2.75) is 25.7 Å². The number of rotatable bonds is 7. The van der Waals surface area contributed by atoms with Crippen molar-refractivity contribution in [1.29, 1.82) is 0 Å². The lowest BCUT2D eigenvalue weighted by molar-refractivity contribution is -0.159. The van der Waals surface area contributed by atoms with E-state index in [4.69, 9.17) is 36.8 Å². The van der Waals surface area contributed by atoms with Crippen LogP contribution in [-0.2, 0) is 14.3 Å². The number of carboxylic acids is 2. The fraction of sp³-hybridized carbons (Fsp3) is 0.786. The van der Waals surface area contributed by atoms with Gasteiger partial charge in [0.15, 0.2) is 5.11 Å². The maximum absolute atomic E-state index is 9.10. The molecule has 1 fully saturated rings. The number of aliphatic carboxylic acids is 2. The molecule has 8 nitrogen and oxygen atoms in total. The van der Waals surface area contributed by atoms with Crippen molar-refractivity contribution in [3.63, 3.8) is 0 Å². The summed E-state index contributed by atoms with van der Waals surface area (Å²) in [5.74, 6) is -3.65. The minimum Gasteiger partial charge on any atom is -0.473 e. The molecule has 0 amide bonds. The van der Waals surface area contributed by atoms with E-state index in [1.54, 1.807) is 7.11 Å². The normalized spacial score (nSPS) is 14.3. The molecule has 0 saturated carbocycles. The second-order valence-corrected chi connectivity index (χ2v) is 5.45. The Bertz CT molecular complexity index is 350. The van der Waals surface area contributed by atoms with Crippen molar-refractivity contribution in [2.24, 2.45) is 0 Å². The molecular weight excluding hydrogens is 322 g/mol. The summed E-state index contributed by atoms with van der Waals surface area (Å²) >= 11 is 5.19. The van der Waals surface area contributed by atoms with Crippen LogP contribution in [-0.4, -0.2) is 78.6 Å². The summed E-state index contributed by atoms with van der Waals surface area (Å²) in [6.07, 6.45) is 5.08. The predicted molar refractivity (Wildman–Crippen MR) is 90.7 cm³/mol. The van der Waals surface area contributed by atoms with Crippen LogP contribution in [0.15, 0.2) is 0 Å². The molecule has 4 N–H and O–H groups in total. The molecule has 0 atom stereocenters. The number of piperidine rings is 1. The van der Waals surface area contributed by atoms with Gasteiger partial charge < -0.3 is 30.5 Å². The number of ether oxygens (including phenoxy) is 1. The van der Waals surface area contributed by atoms with Crippen molar-refractivity contribution >= 4 is 29.3 Å². The number of carboxylic acid groups (broad SMARTS) is 2. The Morgan fingerprint density at radius 3 is 2.17 bits per heavy atom. The van der Waals surface area contributed by atoms with Crippen molar-refractivity contribution in [2.75, 3.05) is 46.4 Å². The average Bonchev–Trinajstić information content (AvgIpc) is 2.53. The molecule has 23 heavy (non-hydrogen) atoms. The first kappa shape index (κ1) is 21.6. The van der Waals surface area contributed by atoms with Crippen molar-refractivity contribution in [3.8, 4) is 0 Å². The van der Waals surface area contributed by atoms with Gasteiger partial charge in [-0.15, -0.1) is 0 Å². The van der Waals surface area contributed by atoms with E-state index in [0.717, 1.165) is 37.8 Å². The molecule has 134 valence electrons. The third kappa shape index (κ3) is 13.9. The summed E-state index contributed by atoms with van der Waals surface area (Å²) in [4.78, 5) is 20.7. The first-order valence-corrected chi connectivity index (χ1v) is 8.07. The number of carbonyl (C=O) groups is 2. The standard InChI is InChI=1S/C12H25N3OS.C2H2O4/c1-16-11-5-6-13-12(17)14-7-10-15-8-3-2-4-9-15;3-1(4)2(5)6/h2-11H2,1H3,(H2,13,14,17);(H,3,4)(H,5,6). The molecule has 0 radical (unpaired) electrons. The molecular formula is C14H27N3O5S. The third-order valence-electron chi connectivity index (χ3n) is 3.16. The minimum atomic E-state index is -1.82. The maximum Gasteiger partial charge on any atom is 0.414 e. The molecule has 1 aliphatic heterocycles. The van der Waals surface area contributed by atoms with Crippen LogP contribution in [0, 0.1) is 0 Å². The van der Waals surface area contributed by atoms with Gasteiger partial charge in [-0.2, -0.15) is 0 Å². The molecule has 0 aromatic carbocycles. The molecule has 0 aromatic rings. The van der Waals surface area contributed by atoms with Crippen LogP contribution in [0.2, 0.25) is 0 Å². The number of nitrogens with one attached hydrogen (secondary N) is 2. The van der Waals surface area contributed by atoms with Gasteiger partial charge in [0.2, 0.25) is 0 Å². The second kappa shape index (κ2) is 14.2. The molecule has 0 unspecified atom stereocenters. The highest BCUT2D eigenvalue weighted by Crippen LogP contribution is 2.07. The summed E-state index contributed by atoms with van der Waals surface area (Å²) in [6, 6.07) is 0. The van der Waals surface area contributed by atoms with Gasteiger partial charge in [-0.3, -0.25) is 0 Å². The first-order valence-electron chi connectivity index (χ1n) is 7.66. The zero-order chi connectivity index (χ0) is 17.5. The van der Waals surface area contributed by atoms with Gasteiger partial charge in [0.25, 0.3) is 0 Å². The van der Waals surface area contributed by atoms with Gasteiger partial charge in [0, 0.05) is 33.4 Å². The summed E-state index contributed by atoms with van der Waals surface area (Å²) in [5.41, 5.74) is 0. The van der Waals surface area contributed by atoms with E-state index < -0.39 is 11.9 Å². The van der Waals surface area contributed by atoms with E-state index in [1.807, 2.05) is 0 Å². The van der Waals surface area contributed by atoms with Crippen LogP contribution in [0.3, 0.4) is 0 Å². The Balaban J connectivity index is 0.000000688. The van der Waals surface area contributed by atoms with Gasteiger partial charge in [-0.1, -0.05) is 6.42 Å². The van der Waals surface area contributed by atoms with Crippen LogP contribution in [0.25, 0.3) is 0 Å². The fourth-order valence-electron chi connectivity index (χ4n) is 1.99. The number of nitrogens with zero attached hydrogens (tertiary/aromatic N) is 1. The Morgan fingerprint density at radius 2 is 1.65 bits per heavy atom. The molecule has 1 saturated heterocycles. The van der Waals surface area contributed by atoms with Crippen molar-refractivity contribution < 1.29 is 24.5 Å². The molecule has 0 spiro atoms. The Kier molecular flexibility index (Phi) is 13.3. The summed E-state index contributed by atoms with van der Waals surface area (Å²) in [6.45, 7) is 6.19. The van der Waals surface area contributed by atoms with Gasteiger partial charge in [0.1, 0.15) is 0 Å². The van der Waals surface area contributed by atoms with E-state index in [0.29, 0.717) is 0 Å². The Morgan fingerprint density at radius 1 is 1.09 bits per heavy atom. The summed E-state index contributed by atoms with van der Waals surface area (Å²) in [7, 11) is 1.72. The minimum absolute atomic E-state index is 0.762. The molecule has 0 aliphatic carbocycles. The average molecular weight is 349 g/mol. The van der Waals surface area contributed by atoms with Crippen LogP contribution >= 0.6 is 12.2 Å². The van der Waals surface area contributed by atoms with Gasteiger partial charge in [-0.05, 0) is 44.6 Å². The van der Waals surface area contributed by atoms with E-state index in [1.165, 1.54) is 32.4 Å². The van der Waals surface area contributed by atoms with Gasteiger partial charge in [0.05, 0.1) is 0 Å². The topological polar surface area (TPSA) is 111 Å². The predicted octanol–water partition coefficient (Wildman–Crippen LogP) is 0.129. The molecule has 1 aliphatic rings. The number of hydrogen-bond acceptors (Lipinski definition) is 5. The van der Waals surface area contributed by atoms with Gasteiger partial charge >= 0.3 is 11.9 Å². The lowest BCUT2D eigenvalue weighted by Crippen LogP contribution is -2.41. The first-order chi connectivity index (χ1) is 11.0. The zero-order valence-corrected chi connectivity index (χ0v) is 14.4. The van der Waals surface area contributed by atoms with Crippen LogP contribution in [0.1, 0.15) is 25.7 Å². The number of thiocarbonyl (C=S) groups is 1. The number of hydrogen-bond donors (Lipinski definition) is 4. The van der Waals surface area contributed by atoms with Crippen molar-refractivity contribution in [3.05, 3.63) is 0 Å². The van der Waals surface area contributed by atoms with Gasteiger partial charge in [-0.25, -0.2) is 9.59 Å². The molecule has 0 aromatic heterocycles. The summed E-state index contributed by atoms with van der Waals surface area (Å²) in [5, 5.41) is 22.0. The van der Waals surface area contributed by atoms with E-state index in [9.17, 15) is 0 Å². The van der Waals surface area contributed by atoms with Crippen molar-refractivity contribution in [1.82, 2.24) is 15.5 Å². The highest BCUT2D eigenvalue weighted by atomic mass is 32.1. The molecule has 1 rings (SSSR count). The molecule has 1 heterocycles. The summed E-state index contributed by atoms with van der Waals surface area (Å²) < 4.78 is 4.97. The van der Waals surface area contributed by atoms with Crippen LogP contribution in [0.5, 0.6) is 0 Å². The quantitative estimate of drug-likeness (QED) is 0.289. The lowest BCUT2D eigenvalue weighted by atomic mass is 10.1. The van der Waals surface area contributed by atoms with Crippen LogP contribution < -0.4 is 10.6 Å². The maximum atomic E-state index is 9.10. The monoisotopic (exact) mass is 349 g/mol. The highest BCUT2D eigenvalue weighted by molar-refractivity contribution is 7.80. The van der Waals surface area contributed by atoms with E-state index >= 15 is 0 Å². The smallest absolute Gasteiger partial charge is 0.414 e. The largest absolute Gasteiger partial charge is 0.473 e. The Labute approximate surface area is 142 Å². The fourth-order valence-corrected chi connectivity index (χ4v) is 2.20. The number of methoxy groups -OCH3 is 1. The lowest BCUT2D eigenvalue weighted by Gasteiger charge is -2.26. The third-order valence-corrected chi connectivity index (χ3v) is 3.44. The molecule has 9 heteroatoms.